The topological polar surface area (TPSA) is 97.7 Å². The van der Waals surface area contributed by atoms with Gasteiger partial charge in [0.1, 0.15) is 24.4 Å². The minimum absolute atomic E-state index is 0.0898. The molecule has 0 spiro atoms. The number of hydrogen-bond donors (Lipinski definition) is 2. The lowest BCUT2D eigenvalue weighted by atomic mass is 9.92. The second-order valence-electron chi connectivity index (χ2n) is 8.36. The summed E-state index contributed by atoms with van der Waals surface area (Å²) in [5.41, 5.74) is 1.63. The molecule has 4 fully saturated rings. The van der Waals surface area contributed by atoms with Gasteiger partial charge in [-0.3, -0.25) is 4.79 Å². The van der Waals surface area contributed by atoms with Gasteiger partial charge >= 0.3 is 0 Å². The second kappa shape index (κ2) is 7.37. The molecule has 0 saturated carbocycles. The molecule has 2 aromatic carbocycles. The van der Waals surface area contributed by atoms with Crippen LogP contribution < -0.4 is 0 Å². The van der Waals surface area contributed by atoms with Crippen LogP contribution in [0.2, 0.25) is 0 Å². The van der Waals surface area contributed by atoms with Crippen molar-refractivity contribution in [2.45, 2.75) is 55.2 Å². The van der Waals surface area contributed by atoms with Gasteiger partial charge in [-0.05, 0) is 0 Å². The maximum atomic E-state index is 13.1. The number of benzene rings is 2. The number of rotatable bonds is 2. The summed E-state index contributed by atoms with van der Waals surface area (Å²) in [4.78, 5) is 14.5. The molecule has 2 N–H and O–H groups in total. The average molecular weight is 425 g/mol. The molecule has 0 aromatic heterocycles. The number of aliphatic hydroxyl groups excluding tert-OH is 2. The number of hydrogen-bond acceptors (Lipinski definition) is 7. The van der Waals surface area contributed by atoms with Crippen LogP contribution >= 0.6 is 0 Å². The largest absolute Gasteiger partial charge is 0.388 e. The van der Waals surface area contributed by atoms with E-state index in [-0.39, 0.29) is 6.61 Å². The van der Waals surface area contributed by atoms with Crippen molar-refractivity contribution in [2.75, 3.05) is 6.61 Å². The Balaban J connectivity index is 1.34. The molecule has 2 aromatic rings. The molecule has 4 heterocycles. The Labute approximate surface area is 178 Å². The highest BCUT2D eigenvalue weighted by Gasteiger charge is 2.65. The fourth-order valence-corrected chi connectivity index (χ4v) is 5.18. The van der Waals surface area contributed by atoms with Crippen molar-refractivity contribution in [2.24, 2.45) is 0 Å². The van der Waals surface area contributed by atoms with E-state index in [2.05, 4.69) is 0 Å². The van der Waals surface area contributed by atoms with Gasteiger partial charge in [-0.1, -0.05) is 60.7 Å². The van der Waals surface area contributed by atoms with Crippen LogP contribution in [-0.2, 0) is 23.7 Å². The fourth-order valence-electron chi connectivity index (χ4n) is 5.18. The van der Waals surface area contributed by atoms with Gasteiger partial charge in [0, 0.05) is 11.1 Å². The van der Waals surface area contributed by atoms with E-state index in [1.165, 1.54) is 4.90 Å². The van der Waals surface area contributed by atoms with Gasteiger partial charge in [0.25, 0.3) is 5.91 Å². The summed E-state index contributed by atoms with van der Waals surface area (Å²) in [6, 6.07) is 17.6. The zero-order valence-electron chi connectivity index (χ0n) is 16.6. The Morgan fingerprint density at radius 1 is 0.774 bits per heavy atom. The first-order valence-corrected chi connectivity index (χ1v) is 10.5. The van der Waals surface area contributed by atoms with E-state index in [4.69, 9.17) is 18.9 Å². The maximum absolute atomic E-state index is 13.1. The highest BCUT2D eigenvalue weighted by Crippen LogP contribution is 2.46. The summed E-state index contributed by atoms with van der Waals surface area (Å²) in [5, 5.41) is 21.7. The van der Waals surface area contributed by atoms with Crippen LogP contribution in [0.3, 0.4) is 0 Å². The first-order chi connectivity index (χ1) is 15.1. The van der Waals surface area contributed by atoms with Gasteiger partial charge in [0.15, 0.2) is 18.7 Å². The monoisotopic (exact) mass is 425 g/mol. The Hall–Kier alpha value is -2.33. The van der Waals surface area contributed by atoms with Gasteiger partial charge < -0.3 is 34.1 Å². The van der Waals surface area contributed by atoms with Crippen LogP contribution in [0.5, 0.6) is 0 Å². The summed E-state index contributed by atoms with van der Waals surface area (Å²) in [7, 11) is 0. The molecule has 2 bridgehead atoms. The molecule has 0 radical (unpaired) electrons. The fraction of sp³-hybridized carbons (Fsp3) is 0.435. The smallest absolute Gasteiger partial charge is 0.255 e. The molecule has 2 unspecified atom stereocenters. The minimum atomic E-state index is -1.38. The molecule has 4 saturated heterocycles. The lowest BCUT2D eigenvalue weighted by Crippen LogP contribution is -2.65. The van der Waals surface area contributed by atoms with Gasteiger partial charge in [0.2, 0.25) is 0 Å². The predicted molar refractivity (Wildman–Crippen MR) is 105 cm³/mol. The number of ether oxygens (including phenoxy) is 4. The van der Waals surface area contributed by atoms with E-state index in [0.717, 1.165) is 11.1 Å². The third-order valence-corrected chi connectivity index (χ3v) is 6.63. The molecular weight excluding hydrogens is 402 g/mol. The van der Waals surface area contributed by atoms with E-state index < -0.39 is 61.1 Å². The molecule has 9 atom stereocenters. The van der Waals surface area contributed by atoms with Crippen LogP contribution in [0.4, 0.5) is 0 Å². The number of aliphatic hydroxyl groups is 2. The summed E-state index contributed by atoms with van der Waals surface area (Å²) < 4.78 is 24.3. The van der Waals surface area contributed by atoms with Gasteiger partial charge in [-0.25, -0.2) is 0 Å². The SMILES string of the molecule is O=C1[C@H](O)[C@H]2OC(c3ccccc3)O[C@H]2[C@@H]2[C@@H]3OC(c4ccccc4)OC[C@@H]([C@@H]3O)N12. The molecule has 8 nitrogen and oxygen atoms in total. The molecule has 4 aliphatic rings. The third kappa shape index (κ3) is 2.95. The lowest BCUT2D eigenvalue weighted by molar-refractivity contribution is -0.212. The van der Waals surface area contributed by atoms with Crippen molar-refractivity contribution >= 4 is 5.91 Å². The number of nitrogens with zero attached hydrogens (tertiary/aromatic N) is 1. The average Bonchev–Trinajstić information content (AvgIpc) is 3.29. The molecule has 1 amide bonds. The Kier molecular flexibility index (Phi) is 4.60. The van der Waals surface area contributed by atoms with Crippen LogP contribution in [0.15, 0.2) is 60.7 Å². The Morgan fingerprint density at radius 2 is 1.35 bits per heavy atom. The highest BCUT2D eigenvalue weighted by molar-refractivity contribution is 5.84. The number of amides is 1. The molecule has 0 aliphatic carbocycles. The zero-order valence-corrected chi connectivity index (χ0v) is 16.6. The molecule has 162 valence electrons. The zero-order chi connectivity index (χ0) is 21.1. The van der Waals surface area contributed by atoms with Crippen LogP contribution in [0.1, 0.15) is 23.7 Å². The Bertz CT molecular complexity index is 955. The first-order valence-electron chi connectivity index (χ1n) is 10.5. The molecular formula is C23H23NO7. The lowest BCUT2D eigenvalue weighted by Gasteiger charge is -2.43. The Morgan fingerprint density at radius 3 is 2.03 bits per heavy atom. The number of carbonyl (C=O) groups is 1. The minimum Gasteiger partial charge on any atom is -0.388 e. The second-order valence-corrected chi connectivity index (χ2v) is 8.36. The van der Waals surface area contributed by atoms with Crippen LogP contribution in [0.25, 0.3) is 0 Å². The highest BCUT2D eigenvalue weighted by atomic mass is 16.7. The van der Waals surface area contributed by atoms with E-state index in [1.54, 1.807) is 0 Å². The van der Waals surface area contributed by atoms with Crippen molar-refractivity contribution in [1.82, 2.24) is 4.90 Å². The van der Waals surface area contributed by atoms with Crippen molar-refractivity contribution in [3.8, 4) is 0 Å². The van der Waals surface area contributed by atoms with Crippen molar-refractivity contribution in [1.29, 1.82) is 0 Å². The quantitative estimate of drug-likeness (QED) is 0.738. The van der Waals surface area contributed by atoms with E-state index in [0.29, 0.717) is 0 Å². The maximum Gasteiger partial charge on any atom is 0.255 e. The van der Waals surface area contributed by atoms with Crippen molar-refractivity contribution in [3.05, 3.63) is 71.8 Å². The standard InChI is InChI=1S/C23H23NO7/c25-16-14-11-28-22(12-7-3-1-4-8-12)29-18(16)15-19-20(17(26)21(27)24(14)15)31-23(30-19)13-9-5-2-6-10-13/h1-10,14-20,22-23,25-26H,11H2/t14-,15-,16-,17+,18-,19-,20+,22?,23?/m0/s1. The normalized spacial score (nSPS) is 41.5. The third-order valence-electron chi connectivity index (χ3n) is 6.63. The molecule has 31 heavy (non-hydrogen) atoms. The van der Waals surface area contributed by atoms with Crippen LogP contribution in [-0.4, -0.2) is 70.2 Å². The first kappa shape index (κ1) is 19.4. The summed E-state index contributed by atoms with van der Waals surface area (Å²) >= 11 is 0. The summed E-state index contributed by atoms with van der Waals surface area (Å²) in [6.07, 6.45) is -5.94. The van der Waals surface area contributed by atoms with E-state index >= 15 is 0 Å². The molecule has 4 aliphatic heterocycles. The molecule has 6 rings (SSSR count). The van der Waals surface area contributed by atoms with E-state index in [1.807, 2.05) is 60.7 Å². The van der Waals surface area contributed by atoms with Gasteiger partial charge in [-0.15, -0.1) is 0 Å². The van der Waals surface area contributed by atoms with Gasteiger partial charge in [-0.2, -0.15) is 0 Å². The van der Waals surface area contributed by atoms with Gasteiger partial charge in [0.05, 0.1) is 18.7 Å². The summed E-state index contributed by atoms with van der Waals surface area (Å²) in [6.45, 7) is 0.0898. The van der Waals surface area contributed by atoms with Crippen molar-refractivity contribution in [3.63, 3.8) is 0 Å². The molecule has 8 heteroatoms. The van der Waals surface area contributed by atoms with Crippen molar-refractivity contribution < 1.29 is 34.0 Å². The number of carbonyl (C=O) groups excluding carboxylic acids is 1. The van der Waals surface area contributed by atoms with Crippen LogP contribution in [0, 0.1) is 0 Å². The number of piperidine rings is 1. The summed E-state index contributed by atoms with van der Waals surface area (Å²) in [5.74, 6) is -0.500. The number of fused-ring (bicyclic) bond motifs is 7. The van der Waals surface area contributed by atoms with E-state index in [9.17, 15) is 15.0 Å². The predicted octanol–water partition coefficient (Wildman–Crippen LogP) is 0.898.